The molecule has 1 aromatic carbocycles. The zero-order valence-corrected chi connectivity index (χ0v) is 14.2. The van der Waals surface area contributed by atoms with Gasteiger partial charge in [0.1, 0.15) is 11.9 Å². The molecular weight excluding hydrogens is 364 g/mol. The molecule has 0 bridgehead atoms. The average molecular weight is 379 g/mol. The molecule has 7 nitrogen and oxygen atoms in total. The molecule has 1 N–H and O–H groups in total. The van der Waals surface area contributed by atoms with Crippen molar-refractivity contribution in [2.75, 3.05) is 0 Å². The highest BCUT2D eigenvalue weighted by molar-refractivity contribution is 9.10. The van der Waals surface area contributed by atoms with Gasteiger partial charge in [-0.05, 0) is 37.6 Å². The van der Waals surface area contributed by atoms with Gasteiger partial charge in [0.15, 0.2) is 5.82 Å². The maximum Gasteiger partial charge on any atom is 0.328 e. The van der Waals surface area contributed by atoms with Gasteiger partial charge in [-0.3, -0.25) is 4.79 Å². The molecule has 1 amide bonds. The fraction of sp³-hybridized carbons (Fsp3) is 0.333. The van der Waals surface area contributed by atoms with Crippen LogP contribution < -0.4 is 0 Å². The highest BCUT2D eigenvalue weighted by Crippen LogP contribution is 2.23. The molecule has 1 aromatic heterocycles. The molecule has 2 heterocycles. The molecule has 0 radical (unpaired) electrons. The standard InChI is InChI=1S/C15H15BrN4O3/c1-8-5-10(3-4-11(8)16)14(21)20-7-13-18-17-9(2)19(13)6-12(20)15(22)23/h3-5,12H,6-7H2,1-2H3,(H,22,23). The Morgan fingerprint density at radius 1 is 1.30 bits per heavy atom. The van der Waals surface area contributed by atoms with Crippen LogP contribution in [0.25, 0.3) is 0 Å². The van der Waals surface area contributed by atoms with Crippen molar-refractivity contribution in [2.24, 2.45) is 0 Å². The zero-order valence-electron chi connectivity index (χ0n) is 12.7. The molecule has 1 aliphatic heterocycles. The van der Waals surface area contributed by atoms with Crippen molar-refractivity contribution in [1.82, 2.24) is 19.7 Å². The molecule has 0 saturated carbocycles. The number of hydrogen-bond acceptors (Lipinski definition) is 4. The topological polar surface area (TPSA) is 88.3 Å². The number of nitrogens with zero attached hydrogens (tertiary/aromatic N) is 4. The first kappa shape index (κ1) is 15.7. The number of amides is 1. The van der Waals surface area contributed by atoms with Crippen LogP contribution in [0.5, 0.6) is 0 Å². The SMILES string of the molecule is Cc1cc(C(=O)N2Cc3nnc(C)n3CC2C(=O)O)ccc1Br. The van der Waals surface area contributed by atoms with Crippen molar-refractivity contribution in [3.63, 3.8) is 0 Å². The molecule has 120 valence electrons. The molecule has 0 saturated heterocycles. The molecule has 3 rings (SSSR count). The van der Waals surface area contributed by atoms with Gasteiger partial charge >= 0.3 is 5.97 Å². The Hall–Kier alpha value is -2.22. The van der Waals surface area contributed by atoms with Crippen LogP contribution in [0.15, 0.2) is 22.7 Å². The molecular formula is C15H15BrN4O3. The molecule has 23 heavy (non-hydrogen) atoms. The van der Waals surface area contributed by atoms with Gasteiger partial charge in [-0.25, -0.2) is 4.79 Å². The Morgan fingerprint density at radius 2 is 2.04 bits per heavy atom. The van der Waals surface area contributed by atoms with Crippen LogP contribution in [0, 0.1) is 13.8 Å². The number of carbonyl (C=O) groups excluding carboxylic acids is 1. The summed E-state index contributed by atoms with van der Waals surface area (Å²) in [6.07, 6.45) is 0. The van der Waals surface area contributed by atoms with Crippen molar-refractivity contribution in [3.05, 3.63) is 45.4 Å². The number of carboxylic acid groups (broad SMARTS) is 1. The smallest absolute Gasteiger partial charge is 0.328 e. The van der Waals surface area contributed by atoms with Crippen LogP contribution in [0.1, 0.15) is 27.6 Å². The summed E-state index contributed by atoms with van der Waals surface area (Å²) in [5.74, 6) is -0.106. The summed E-state index contributed by atoms with van der Waals surface area (Å²) in [6, 6.07) is 4.28. The lowest BCUT2D eigenvalue weighted by molar-refractivity contribution is -0.143. The summed E-state index contributed by atoms with van der Waals surface area (Å²) in [7, 11) is 0. The summed E-state index contributed by atoms with van der Waals surface area (Å²) in [4.78, 5) is 25.7. The number of benzene rings is 1. The summed E-state index contributed by atoms with van der Waals surface area (Å²) in [5.41, 5.74) is 1.38. The number of halogens is 1. The number of carboxylic acids is 1. The lowest BCUT2D eigenvalue weighted by Gasteiger charge is -2.33. The first-order valence-corrected chi connectivity index (χ1v) is 7.86. The van der Waals surface area contributed by atoms with E-state index in [0.29, 0.717) is 17.2 Å². The van der Waals surface area contributed by atoms with Gasteiger partial charge in [0.05, 0.1) is 13.1 Å². The second kappa shape index (κ2) is 5.77. The van der Waals surface area contributed by atoms with Gasteiger partial charge in [-0.15, -0.1) is 10.2 Å². The maximum absolute atomic E-state index is 12.8. The predicted octanol–water partition coefficient (Wildman–Crippen LogP) is 1.77. The van der Waals surface area contributed by atoms with Crippen LogP contribution in [0.3, 0.4) is 0 Å². The van der Waals surface area contributed by atoms with E-state index in [1.54, 1.807) is 29.7 Å². The van der Waals surface area contributed by atoms with E-state index in [4.69, 9.17) is 0 Å². The number of hydrogen-bond donors (Lipinski definition) is 1. The zero-order chi connectivity index (χ0) is 16.7. The Balaban J connectivity index is 1.97. The first-order chi connectivity index (χ1) is 10.9. The van der Waals surface area contributed by atoms with Crippen LogP contribution in [0.2, 0.25) is 0 Å². The van der Waals surface area contributed by atoms with Crippen LogP contribution in [-0.2, 0) is 17.9 Å². The van der Waals surface area contributed by atoms with Crippen molar-refractivity contribution in [2.45, 2.75) is 33.0 Å². The highest BCUT2D eigenvalue weighted by Gasteiger charge is 2.36. The van der Waals surface area contributed by atoms with Gasteiger partial charge in [0, 0.05) is 10.0 Å². The number of aromatic nitrogens is 3. The van der Waals surface area contributed by atoms with Gasteiger partial charge in [0.25, 0.3) is 5.91 Å². The number of aliphatic carboxylic acids is 1. The maximum atomic E-state index is 12.8. The third kappa shape index (κ3) is 2.74. The van der Waals surface area contributed by atoms with E-state index in [0.717, 1.165) is 10.0 Å². The normalized spacial score (nSPS) is 17.0. The number of carbonyl (C=O) groups is 2. The summed E-state index contributed by atoms with van der Waals surface area (Å²) in [6.45, 7) is 3.94. The molecule has 0 aliphatic carbocycles. The summed E-state index contributed by atoms with van der Waals surface area (Å²) >= 11 is 3.39. The van der Waals surface area contributed by atoms with E-state index < -0.39 is 12.0 Å². The molecule has 2 aromatic rings. The molecule has 0 fully saturated rings. The minimum absolute atomic E-state index is 0.131. The fourth-order valence-electron chi connectivity index (χ4n) is 2.68. The predicted molar refractivity (Wildman–Crippen MR) is 84.9 cm³/mol. The molecule has 1 unspecified atom stereocenters. The van der Waals surface area contributed by atoms with Crippen molar-refractivity contribution in [1.29, 1.82) is 0 Å². The van der Waals surface area contributed by atoms with E-state index in [1.807, 2.05) is 6.92 Å². The average Bonchev–Trinajstić information content (AvgIpc) is 2.88. The van der Waals surface area contributed by atoms with Gasteiger partial charge in [0.2, 0.25) is 0 Å². The lowest BCUT2D eigenvalue weighted by Crippen LogP contribution is -2.50. The highest BCUT2D eigenvalue weighted by atomic mass is 79.9. The minimum atomic E-state index is -1.04. The van der Waals surface area contributed by atoms with Crippen LogP contribution in [-0.4, -0.2) is 42.7 Å². The van der Waals surface area contributed by atoms with Gasteiger partial charge < -0.3 is 14.6 Å². The van der Waals surface area contributed by atoms with Crippen LogP contribution in [0.4, 0.5) is 0 Å². The van der Waals surface area contributed by atoms with E-state index in [9.17, 15) is 14.7 Å². The number of fused-ring (bicyclic) bond motifs is 1. The third-order valence-corrected chi connectivity index (χ3v) is 4.90. The fourth-order valence-corrected chi connectivity index (χ4v) is 2.93. The van der Waals surface area contributed by atoms with Crippen molar-refractivity contribution < 1.29 is 14.7 Å². The largest absolute Gasteiger partial charge is 0.480 e. The number of rotatable bonds is 2. The van der Waals surface area contributed by atoms with Crippen LogP contribution >= 0.6 is 15.9 Å². The van der Waals surface area contributed by atoms with Gasteiger partial charge in [-0.2, -0.15) is 0 Å². The van der Waals surface area contributed by atoms with E-state index in [-0.39, 0.29) is 19.0 Å². The quantitative estimate of drug-likeness (QED) is 0.859. The third-order valence-electron chi connectivity index (χ3n) is 4.01. The Morgan fingerprint density at radius 3 is 2.70 bits per heavy atom. The number of aryl methyl sites for hydroxylation is 2. The van der Waals surface area contributed by atoms with Gasteiger partial charge in [-0.1, -0.05) is 15.9 Å². The molecule has 1 atom stereocenters. The van der Waals surface area contributed by atoms with E-state index >= 15 is 0 Å². The Kier molecular flexibility index (Phi) is 3.93. The summed E-state index contributed by atoms with van der Waals surface area (Å²) in [5, 5.41) is 17.5. The Bertz CT molecular complexity index is 802. The second-order valence-electron chi connectivity index (χ2n) is 5.53. The summed E-state index contributed by atoms with van der Waals surface area (Å²) < 4.78 is 2.65. The molecule has 0 spiro atoms. The lowest BCUT2D eigenvalue weighted by atomic mass is 10.1. The molecule has 8 heteroatoms. The van der Waals surface area contributed by atoms with E-state index in [1.165, 1.54) is 4.90 Å². The van der Waals surface area contributed by atoms with Crippen molar-refractivity contribution >= 4 is 27.8 Å². The first-order valence-electron chi connectivity index (χ1n) is 7.07. The molecule has 1 aliphatic rings. The minimum Gasteiger partial charge on any atom is -0.480 e. The Labute approximate surface area is 141 Å². The van der Waals surface area contributed by atoms with E-state index in [2.05, 4.69) is 26.1 Å². The second-order valence-corrected chi connectivity index (χ2v) is 6.38. The monoisotopic (exact) mass is 378 g/mol. The van der Waals surface area contributed by atoms with Crippen molar-refractivity contribution in [3.8, 4) is 0 Å².